The molecule has 0 unspecified atom stereocenters. The zero-order valence-corrected chi connectivity index (χ0v) is 10.5. The molecule has 0 heterocycles. The van der Waals surface area contributed by atoms with Gasteiger partial charge in [0.25, 0.3) is 5.91 Å². The number of hydrogen-bond acceptors (Lipinski definition) is 5. The molecular weight excluding hydrogens is 262 g/mol. The number of hydrogen-bond donors (Lipinski definition) is 4. The van der Waals surface area contributed by atoms with Gasteiger partial charge in [0, 0.05) is 18.4 Å². The van der Waals surface area contributed by atoms with E-state index in [1.54, 1.807) is 6.07 Å². The van der Waals surface area contributed by atoms with E-state index in [2.05, 4.69) is 10.6 Å². The molecule has 1 aromatic carbocycles. The van der Waals surface area contributed by atoms with E-state index < -0.39 is 11.9 Å². The van der Waals surface area contributed by atoms with Crippen LogP contribution in [0.15, 0.2) is 36.0 Å². The van der Waals surface area contributed by atoms with E-state index in [4.69, 9.17) is 15.5 Å². The molecular formula is C13H13N3O4. The molecule has 0 saturated heterocycles. The number of nitrogens with zero attached hydrogens (tertiary/aromatic N) is 1. The summed E-state index contributed by atoms with van der Waals surface area (Å²) < 4.78 is 0. The SMILES string of the molecule is N#C/C(=C\Nc1ccc(C(=O)O)cc1)C(=O)NCCO. The molecule has 20 heavy (non-hydrogen) atoms. The average molecular weight is 275 g/mol. The van der Waals surface area contributed by atoms with Crippen molar-refractivity contribution in [1.29, 1.82) is 5.26 Å². The number of rotatable bonds is 6. The van der Waals surface area contributed by atoms with Gasteiger partial charge in [-0.3, -0.25) is 4.79 Å². The summed E-state index contributed by atoms with van der Waals surface area (Å²) in [4.78, 5) is 22.1. The fourth-order valence-corrected chi connectivity index (χ4v) is 1.28. The average Bonchev–Trinajstić information content (AvgIpc) is 2.46. The van der Waals surface area contributed by atoms with Gasteiger partial charge in [0.1, 0.15) is 11.6 Å². The predicted octanol–water partition coefficient (Wildman–Crippen LogP) is 0.313. The Morgan fingerprint density at radius 2 is 1.95 bits per heavy atom. The third-order valence-electron chi connectivity index (χ3n) is 2.28. The van der Waals surface area contributed by atoms with E-state index in [1.165, 1.54) is 30.5 Å². The summed E-state index contributed by atoms with van der Waals surface area (Å²) >= 11 is 0. The van der Waals surface area contributed by atoms with E-state index >= 15 is 0 Å². The monoisotopic (exact) mass is 275 g/mol. The maximum atomic E-state index is 11.5. The number of nitrogens with one attached hydrogen (secondary N) is 2. The van der Waals surface area contributed by atoms with E-state index in [0.29, 0.717) is 5.69 Å². The molecule has 0 spiro atoms. The Labute approximate surface area is 115 Å². The number of aromatic carboxylic acids is 1. The van der Waals surface area contributed by atoms with Crippen molar-refractivity contribution in [3.63, 3.8) is 0 Å². The molecule has 104 valence electrons. The van der Waals surface area contributed by atoms with Crippen molar-refractivity contribution in [2.24, 2.45) is 0 Å². The van der Waals surface area contributed by atoms with Gasteiger partial charge in [0.15, 0.2) is 0 Å². The molecule has 0 saturated carbocycles. The lowest BCUT2D eigenvalue weighted by molar-refractivity contribution is -0.117. The van der Waals surface area contributed by atoms with Crippen LogP contribution in [0.25, 0.3) is 0 Å². The first-order valence-corrected chi connectivity index (χ1v) is 5.67. The molecule has 0 aromatic heterocycles. The van der Waals surface area contributed by atoms with E-state index in [9.17, 15) is 9.59 Å². The molecule has 0 atom stereocenters. The number of carboxylic acids is 1. The van der Waals surface area contributed by atoms with Gasteiger partial charge in [0.05, 0.1) is 12.2 Å². The number of anilines is 1. The summed E-state index contributed by atoms with van der Waals surface area (Å²) in [5, 5.41) is 31.2. The lowest BCUT2D eigenvalue weighted by Crippen LogP contribution is -2.27. The number of carbonyl (C=O) groups excluding carboxylic acids is 1. The quantitative estimate of drug-likeness (QED) is 0.438. The van der Waals surface area contributed by atoms with Gasteiger partial charge < -0.3 is 20.8 Å². The number of carboxylic acid groups (broad SMARTS) is 1. The number of nitriles is 1. The summed E-state index contributed by atoms with van der Waals surface area (Å²) in [5.41, 5.74) is 0.527. The van der Waals surface area contributed by atoms with Crippen molar-refractivity contribution in [2.75, 3.05) is 18.5 Å². The second-order valence-electron chi connectivity index (χ2n) is 3.68. The van der Waals surface area contributed by atoms with E-state index in [1.807, 2.05) is 0 Å². The van der Waals surface area contributed by atoms with Crippen LogP contribution in [-0.2, 0) is 4.79 Å². The second-order valence-corrected chi connectivity index (χ2v) is 3.68. The van der Waals surface area contributed by atoms with Gasteiger partial charge in [0.2, 0.25) is 0 Å². The summed E-state index contributed by atoms with van der Waals surface area (Å²) in [5.74, 6) is -1.63. The summed E-state index contributed by atoms with van der Waals surface area (Å²) in [6.07, 6.45) is 1.21. The fourth-order valence-electron chi connectivity index (χ4n) is 1.28. The highest BCUT2D eigenvalue weighted by atomic mass is 16.4. The van der Waals surface area contributed by atoms with Crippen LogP contribution in [0, 0.1) is 11.3 Å². The molecule has 1 amide bonds. The minimum absolute atomic E-state index is 0.0607. The number of aliphatic hydroxyl groups excluding tert-OH is 1. The minimum atomic E-state index is -1.03. The van der Waals surface area contributed by atoms with Gasteiger partial charge in [-0.2, -0.15) is 5.26 Å². The smallest absolute Gasteiger partial charge is 0.335 e. The maximum Gasteiger partial charge on any atom is 0.335 e. The topological polar surface area (TPSA) is 122 Å². The third kappa shape index (κ3) is 4.44. The molecule has 1 aromatic rings. The highest BCUT2D eigenvalue weighted by molar-refractivity contribution is 5.97. The van der Waals surface area contributed by atoms with Crippen LogP contribution in [0.2, 0.25) is 0 Å². The number of carbonyl (C=O) groups is 2. The fraction of sp³-hybridized carbons (Fsp3) is 0.154. The molecule has 0 aliphatic carbocycles. The van der Waals surface area contributed by atoms with Crippen LogP contribution >= 0.6 is 0 Å². The molecule has 0 bridgehead atoms. The summed E-state index contributed by atoms with van der Waals surface area (Å²) in [6.45, 7) is -0.153. The lowest BCUT2D eigenvalue weighted by atomic mass is 10.2. The summed E-state index contributed by atoms with van der Waals surface area (Å²) in [6, 6.07) is 7.55. The predicted molar refractivity (Wildman–Crippen MR) is 70.8 cm³/mol. The molecule has 0 fully saturated rings. The first kappa shape index (κ1) is 15.2. The van der Waals surface area contributed by atoms with Crippen LogP contribution < -0.4 is 10.6 Å². The van der Waals surface area contributed by atoms with Crippen LogP contribution in [0.5, 0.6) is 0 Å². The van der Waals surface area contributed by atoms with Gasteiger partial charge >= 0.3 is 5.97 Å². The van der Waals surface area contributed by atoms with E-state index in [0.717, 1.165) is 0 Å². The largest absolute Gasteiger partial charge is 0.478 e. The second kappa shape index (κ2) is 7.56. The Morgan fingerprint density at radius 1 is 1.30 bits per heavy atom. The van der Waals surface area contributed by atoms with Crippen LogP contribution in [0.4, 0.5) is 5.69 Å². The number of amides is 1. The first-order chi connectivity index (χ1) is 9.58. The van der Waals surface area contributed by atoms with Crippen molar-refractivity contribution in [1.82, 2.24) is 5.32 Å². The highest BCUT2D eigenvalue weighted by Crippen LogP contribution is 2.10. The Bertz CT molecular complexity index is 558. The minimum Gasteiger partial charge on any atom is -0.478 e. The number of benzene rings is 1. The van der Waals surface area contributed by atoms with Gasteiger partial charge in [-0.25, -0.2) is 4.79 Å². The molecule has 7 heteroatoms. The van der Waals surface area contributed by atoms with Gasteiger partial charge in [-0.05, 0) is 24.3 Å². The van der Waals surface area contributed by atoms with Crippen molar-refractivity contribution >= 4 is 17.6 Å². The standard InChI is InChI=1S/C13H13N3O4/c14-7-10(12(18)15-5-6-17)8-16-11-3-1-9(2-4-11)13(19)20/h1-4,8,16-17H,5-6H2,(H,15,18)(H,19,20)/b10-8+. The van der Waals surface area contributed by atoms with Crippen molar-refractivity contribution in [3.8, 4) is 6.07 Å². The Hall–Kier alpha value is -2.85. The van der Waals surface area contributed by atoms with Crippen LogP contribution in [-0.4, -0.2) is 35.2 Å². The Kier molecular flexibility index (Phi) is 5.75. The van der Waals surface area contributed by atoms with Crippen LogP contribution in [0.1, 0.15) is 10.4 Å². The summed E-state index contributed by atoms with van der Waals surface area (Å²) in [7, 11) is 0. The number of aliphatic hydroxyl groups is 1. The van der Waals surface area contributed by atoms with E-state index in [-0.39, 0.29) is 24.3 Å². The van der Waals surface area contributed by atoms with Gasteiger partial charge in [-0.15, -0.1) is 0 Å². The van der Waals surface area contributed by atoms with Crippen molar-refractivity contribution in [3.05, 3.63) is 41.6 Å². The van der Waals surface area contributed by atoms with Crippen LogP contribution in [0.3, 0.4) is 0 Å². The van der Waals surface area contributed by atoms with Crippen molar-refractivity contribution < 1.29 is 19.8 Å². The third-order valence-corrected chi connectivity index (χ3v) is 2.28. The lowest BCUT2D eigenvalue weighted by Gasteiger charge is -2.04. The van der Waals surface area contributed by atoms with Gasteiger partial charge in [-0.1, -0.05) is 0 Å². The molecule has 0 aliphatic heterocycles. The molecule has 7 nitrogen and oxygen atoms in total. The zero-order valence-electron chi connectivity index (χ0n) is 10.5. The maximum absolute atomic E-state index is 11.5. The molecule has 0 radical (unpaired) electrons. The molecule has 1 rings (SSSR count). The normalized spacial score (nSPS) is 10.5. The Balaban J connectivity index is 2.71. The van der Waals surface area contributed by atoms with Crippen molar-refractivity contribution in [2.45, 2.75) is 0 Å². The Morgan fingerprint density at radius 3 is 2.45 bits per heavy atom. The zero-order chi connectivity index (χ0) is 15.0. The molecule has 0 aliphatic rings. The first-order valence-electron chi connectivity index (χ1n) is 5.67. The molecule has 4 N–H and O–H groups in total. The highest BCUT2D eigenvalue weighted by Gasteiger charge is 2.07.